The number of nitrogens with one attached hydrogen (secondary N) is 1. The Labute approximate surface area is 509 Å². The lowest BCUT2D eigenvalue weighted by molar-refractivity contribution is -0.212. The molecule has 1 saturated carbocycles. The van der Waals surface area contributed by atoms with E-state index in [0.717, 1.165) is 67.8 Å². The molecule has 2 aromatic heterocycles. The third-order valence-electron chi connectivity index (χ3n) is 15.1. The number of oxazole rings is 1. The highest BCUT2D eigenvalue weighted by atomic mass is 16.7. The summed E-state index contributed by atoms with van der Waals surface area (Å²) < 4.78 is 28.6. The van der Waals surface area contributed by atoms with Crippen LogP contribution in [0.25, 0.3) is 0 Å². The summed E-state index contributed by atoms with van der Waals surface area (Å²) in [5, 5.41) is 8.39. The summed E-state index contributed by atoms with van der Waals surface area (Å²) in [5.74, 6) is 3.32. The molecule has 0 bridgehead atoms. The van der Waals surface area contributed by atoms with Crippen molar-refractivity contribution in [3.05, 3.63) is 90.9 Å². The standard InChI is InChI=1S/C14H24O2.C13H23N.C12H22O.C12H20O.C11H20N2.C11H19NO2/c1-12(2,3)10-11(13(4,5)6)16-14(15-10)8-7-9-14;1-9-8-10(12(2,3)4)11(14-9)13(5,6)7;1-11(2,3)9-7-13-8-10(9)12(4,5)6;1-11(2,3)9-7-8-13-10(9)12(4,5)6;1-10(2,3)8-7-12-13-9(8)11(4,5)6;1-10(2,3)7-8(11(4,5)6)14-9(13)12-7/h7-9H2,1-6H3;8H2,1-7H3;7-8H2,1-6H3;7-8H,1-6H3;7H2,1-6H3;1-6H3,(H,12,13). The fourth-order valence-electron chi connectivity index (χ4n) is 10.2. The van der Waals surface area contributed by atoms with Crippen LogP contribution in [0.1, 0.15) is 305 Å². The van der Waals surface area contributed by atoms with Crippen LogP contribution >= 0.6 is 0 Å². The van der Waals surface area contributed by atoms with E-state index in [1.165, 1.54) is 51.4 Å². The fourth-order valence-corrected chi connectivity index (χ4v) is 10.2. The van der Waals surface area contributed by atoms with Gasteiger partial charge in [0.2, 0.25) is 0 Å². The first kappa shape index (κ1) is 75.2. The van der Waals surface area contributed by atoms with Crippen LogP contribution in [0.5, 0.6) is 0 Å². The number of H-pyrrole nitrogens is 1. The minimum atomic E-state index is -0.361. The fraction of sp³-hybridized carbons (Fsp3) is 0.781. The molecule has 1 fully saturated rings. The molecule has 0 amide bonds. The van der Waals surface area contributed by atoms with Gasteiger partial charge < -0.3 is 23.0 Å². The highest BCUT2D eigenvalue weighted by Gasteiger charge is 2.52. The topological polar surface area (TPSA) is 124 Å². The summed E-state index contributed by atoms with van der Waals surface area (Å²) in [6.07, 6.45) is 6.14. The molecule has 6 heterocycles. The Morgan fingerprint density at radius 3 is 1.13 bits per heavy atom. The molecule has 0 aromatic carbocycles. The molecule has 4 aliphatic heterocycles. The molecule has 0 atom stereocenters. The predicted molar refractivity (Wildman–Crippen MR) is 354 cm³/mol. The van der Waals surface area contributed by atoms with Gasteiger partial charge in [-0.2, -0.15) is 10.2 Å². The van der Waals surface area contributed by atoms with Crippen LogP contribution in [0.15, 0.2) is 86.4 Å². The lowest BCUT2D eigenvalue weighted by Crippen LogP contribution is -2.39. The third kappa shape index (κ3) is 21.8. The molecule has 7 rings (SSSR count). The highest BCUT2D eigenvalue weighted by Crippen LogP contribution is 2.53. The van der Waals surface area contributed by atoms with Gasteiger partial charge in [0.05, 0.1) is 37.4 Å². The second-order valence-electron chi connectivity index (χ2n) is 36.5. The lowest BCUT2D eigenvalue weighted by atomic mass is 9.76. The summed E-state index contributed by atoms with van der Waals surface area (Å²) >= 11 is 0. The predicted octanol–water partition coefficient (Wildman–Crippen LogP) is 22.1. The number of allylic oxidation sites excluding steroid dienone is 5. The van der Waals surface area contributed by atoms with E-state index in [9.17, 15) is 4.79 Å². The molecule has 10 nitrogen and oxygen atoms in total. The largest absolute Gasteiger partial charge is 0.468 e. The molecule has 2 aromatic rings. The van der Waals surface area contributed by atoms with Crippen molar-refractivity contribution in [2.45, 2.75) is 309 Å². The average molecular weight is 1160 g/mol. The number of furan rings is 1. The maximum Gasteiger partial charge on any atom is 0.416 e. The van der Waals surface area contributed by atoms with Crippen molar-refractivity contribution in [2.24, 2.45) is 58.5 Å². The van der Waals surface area contributed by atoms with Crippen molar-refractivity contribution >= 4 is 5.71 Å². The summed E-state index contributed by atoms with van der Waals surface area (Å²) in [7, 11) is 0. The zero-order valence-corrected chi connectivity index (χ0v) is 60.9. The number of ether oxygens (including phenoxy) is 3. The number of aliphatic imine (C=N–C) groups is 1. The Kier molecular flexibility index (Phi) is 23.4. The van der Waals surface area contributed by atoms with E-state index in [-0.39, 0.29) is 76.5 Å². The van der Waals surface area contributed by atoms with Crippen molar-refractivity contribution in [1.82, 2.24) is 4.98 Å². The summed E-state index contributed by atoms with van der Waals surface area (Å²) in [4.78, 5) is 18.7. The maximum absolute atomic E-state index is 11.2. The van der Waals surface area contributed by atoms with Crippen molar-refractivity contribution in [1.29, 1.82) is 0 Å². The number of hydrogen-bond donors (Lipinski definition) is 1. The van der Waals surface area contributed by atoms with Gasteiger partial charge in [-0.15, -0.1) is 0 Å². The molecular formula is C73H128N4O6. The van der Waals surface area contributed by atoms with Crippen molar-refractivity contribution in [3.8, 4) is 0 Å². The number of nitrogens with zero attached hydrogens (tertiary/aromatic N) is 3. The van der Waals surface area contributed by atoms with Crippen molar-refractivity contribution < 1.29 is 23.0 Å². The second-order valence-corrected chi connectivity index (χ2v) is 36.5. The number of hydrogen-bond acceptors (Lipinski definition) is 9. The molecule has 0 unspecified atom stereocenters. The van der Waals surface area contributed by atoms with Gasteiger partial charge in [-0.3, -0.25) is 9.98 Å². The third-order valence-corrected chi connectivity index (χ3v) is 15.1. The molecule has 476 valence electrons. The van der Waals surface area contributed by atoms with E-state index in [4.69, 9.17) is 28.0 Å². The number of rotatable bonds is 0. The van der Waals surface area contributed by atoms with Gasteiger partial charge in [0, 0.05) is 68.6 Å². The van der Waals surface area contributed by atoms with Gasteiger partial charge in [0.1, 0.15) is 23.0 Å². The first-order chi connectivity index (χ1) is 36.6. The van der Waals surface area contributed by atoms with Gasteiger partial charge in [-0.1, -0.05) is 249 Å². The van der Waals surface area contributed by atoms with Crippen LogP contribution in [0, 0.1) is 43.3 Å². The van der Waals surface area contributed by atoms with Crippen LogP contribution in [0.2, 0.25) is 0 Å². The van der Waals surface area contributed by atoms with Crippen molar-refractivity contribution in [3.63, 3.8) is 0 Å². The van der Waals surface area contributed by atoms with Gasteiger partial charge in [-0.05, 0) is 74.3 Å². The van der Waals surface area contributed by atoms with Gasteiger partial charge >= 0.3 is 5.76 Å². The van der Waals surface area contributed by atoms with Gasteiger partial charge in [0.15, 0.2) is 0 Å². The molecule has 0 saturated heterocycles. The van der Waals surface area contributed by atoms with E-state index in [1.54, 1.807) is 6.26 Å². The Hall–Kier alpha value is -3.92. The van der Waals surface area contributed by atoms with Crippen LogP contribution in [-0.2, 0) is 35.9 Å². The Bertz CT molecular complexity index is 2600. The molecule has 0 radical (unpaired) electrons. The van der Waals surface area contributed by atoms with E-state index in [0.29, 0.717) is 0 Å². The molecule has 1 aliphatic carbocycles. The minimum absolute atomic E-state index is 0.0295. The Morgan fingerprint density at radius 1 is 0.458 bits per heavy atom. The average Bonchev–Trinajstić information content (AvgIpc) is 4.07. The number of aromatic nitrogens is 1. The van der Waals surface area contributed by atoms with E-state index in [1.807, 2.05) is 20.8 Å². The zero-order valence-electron chi connectivity index (χ0n) is 60.9. The lowest BCUT2D eigenvalue weighted by Gasteiger charge is -2.38. The van der Waals surface area contributed by atoms with Crippen LogP contribution in [0.3, 0.4) is 0 Å². The summed E-state index contributed by atoms with van der Waals surface area (Å²) in [6.45, 7) is 83.6. The monoisotopic (exact) mass is 1160 g/mol. The SMILES string of the molecule is CC(C)(C)C1=C(C(C)(C)C)COC1.CC(C)(C)C1=C(C(C)(C)C)N=NC1.CC(C)(C)C1=C(C(C)(C)C)OC2(CCC2)O1.CC(C)(C)c1[nH]c(=O)oc1C(C)(C)C.CC(C)(C)c1ccoc1C(C)(C)C.CC1=NC(C(C)(C)C)=C(C(C)(C)C)C1. The number of azo groups is 1. The molecule has 83 heavy (non-hydrogen) atoms. The molecule has 10 heteroatoms. The van der Waals surface area contributed by atoms with Crippen LogP contribution in [-0.4, -0.2) is 36.2 Å². The summed E-state index contributed by atoms with van der Waals surface area (Å²) in [6, 6.07) is 2.08. The summed E-state index contributed by atoms with van der Waals surface area (Å²) in [5.41, 5.74) is 13.3. The van der Waals surface area contributed by atoms with E-state index >= 15 is 0 Å². The Morgan fingerprint density at radius 2 is 0.867 bits per heavy atom. The maximum atomic E-state index is 11.2. The molecule has 1 N–H and O–H groups in total. The van der Waals surface area contributed by atoms with E-state index in [2.05, 4.69) is 257 Å². The first-order valence-electron chi connectivity index (χ1n) is 31.2. The quantitative estimate of drug-likeness (QED) is 0.262. The van der Waals surface area contributed by atoms with Crippen LogP contribution in [0.4, 0.5) is 0 Å². The highest BCUT2D eigenvalue weighted by molar-refractivity contribution is 5.88. The van der Waals surface area contributed by atoms with E-state index < -0.39 is 0 Å². The second kappa shape index (κ2) is 25.8. The first-order valence-corrected chi connectivity index (χ1v) is 31.2. The molecular weight excluding hydrogens is 1030 g/mol. The minimum Gasteiger partial charge on any atom is -0.468 e. The van der Waals surface area contributed by atoms with Crippen LogP contribution < -0.4 is 5.76 Å². The Balaban J connectivity index is 0.000000341. The van der Waals surface area contributed by atoms with Gasteiger partial charge in [0.25, 0.3) is 5.79 Å². The van der Waals surface area contributed by atoms with Gasteiger partial charge in [-0.25, -0.2) is 4.79 Å². The van der Waals surface area contributed by atoms with Crippen molar-refractivity contribution in [2.75, 3.05) is 19.8 Å². The molecule has 1 spiro atoms. The smallest absolute Gasteiger partial charge is 0.416 e. The normalized spacial score (nSPS) is 18.2. The zero-order chi connectivity index (χ0) is 65.3. The number of aromatic amines is 1. The molecule has 5 aliphatic rings.